The van der Waals surface area contributed by atoms with Gasteiger partial charge < -0.3 is 15.0 Å². The third-order valence-electron chi connectivity index (χ3n) is 5.09. The van der Waals surface area contributed by atoms with E-state index in [0.29, 0.717) is 18.5 Å². The number of rotatable bonds is 6. The van der Waals surface area contributed by atoms with Crippen molar-refractivity contribution in [3.63, 3.8) is 0 Å². The molecule has 0 radical (unpaired) electrons. The number of likely N-dealkylation sites (tertiary alicyclic amines) is 1. The number of benzene rings is 1. The monoisotopic (exact) mass is 405 g/mol. The van der Waals surface area contributed by atoms with E-state index in [9.17, 15) is 23.6 Å². The van der Waals surface area contributed by atoms with E-state index in [1.165, 1.54) is 12.1 Å². The minimum Gasteiger partial charge on any atom is -0.463 e. The molecule has 1 aromatic rings. The van der Waals surface area contributed by atoms with Crippen molar-refractivity contribution >= 4 is 23.8 Å². The number of carbonyl (C=O) groups is 4. The minimum atomic E-state index is -0.750. The second-order valence-corrected chi connectivity index (χ2v) is 7.52. The Morgan fingerprint density at radius 1 is 1.24 bits per heavy atom. The first-order valence-corrected chi connectivity index (χ1v) is 9.63. The van der Waals surface area contributed by atoms with Gasteiger partial charge in [-0.3, -0.25) is 19.7 Å². The van der Waals surface area contributed by atoms with Gasteiger partial charge >= 0.3 is 12.0 Å². The highest BCUT2D eigenvalue weighted by molar-refractivity contribution is 6.04. The largest absolute Gasteiger partial charge is 0.463 e. The molecule has 2 aliphatic rings. The summed E-state index contributed by atoms with van der Waals surface area (Å²) in [5.74, 6) is -2.06. The molecular formula is C20H24FN3O5. The number of nitrogens with one attached hydrogen (secondary N) is 2. The molecule has 0 aliphatic carbocycles. The van der Waals surface area contributed by atoms with Crippen molar-refractivity contribution in [1.82, 2.24) is 15.5 Å². The Hall–Kier alpha value is -2.97. The van der Waals surface area contributed by atoms with Gasteiger partial charge in [0.2, 0.25) is 5.91 Å². The van der Waals surface area contributed by atoms with E-state index < -0.39 is 41.7 Å². The lowest BCUT2D eigenvalue weighted by molar-refractivity contribution is -0.153. The summed E-state index contributed by atoms with van der Waals surface area (Å²) >= 11 is 0. The average Bonchev–Trinajstić information content (AvgIpc) is 3.23. The van der Waals surface area contributed by atoms with Crippen LogP contribution in [0.25, 0.3) is 0 Å². The number of carbonyl (C=O) groups excluding carboxylic acids is 4. The van der Waals surface area contributed by atoms with Crippen LogP contribution < -0.4 is 10.6 Å². The molecule has 8 nitrogen and oxygen atoms in total. The lowest BCUT2D eigenvalue weighted by Gasteiger charge is -2.28. The molecule has 0 aromatic heterocycles. The number of hydrogen-bond donors (Lipinski definition) is 2. The molecule has 4 amide bonds. The Balaban J connectivity index is 1.75. The van der Waals surface area contributed by atoms with Crippen molar-refractivity contribution in [3.05, 3.63) is 35.6 Å². The van der Waals surface area contributed by atoms with Crippen LogP contribution in [0.15, 0.2) is 24.3 Å². The van der Waals surface area contributed by atoms with Gasteiger partial charge in [-0.2, -0.15) is 0 Å². The number of hydrogen-bond acceptors (Lipinski definition) is 5. The summed E-state index contributed by atoms with van der Waals surface area (Å²) < 4.78 is 18.7. The number of imide groups is 1. The maximum atomic E-state index is 13.4. The molecule has 2 aliphatic heterocycles. The molecule has 9 heteroatoms. The standard InChI is InChI=1S/C20H24FN3O5/c1-11(2)29-19(27)14-9-10-24(17(14)12-3-5-13(21)6-4-12)16(25)8-7-15-18(26)23-20(28)22-15/h3-6,11,14-15,17H,7-10H2,1-2H3,(H2,22,23,26,28)/t14-,15-,17-/m1/s1. The van der Waals surface area contributed by atoms with Gasteiger partial charge in [0.15, 0.2) is 0 Å². The second kappa shape index (κ2) is 8.59. The maximum absolute atomic E-state index is 13.4. The Morgan fingerprint density at radius 2 is 1.93 bits per heavy atom. The van der Waals surface area contributed by atoms with E-state index in [-0.39, 0.29) is 24.9 Å². The Kier molecular flexibility index (Phi) is 6.14. The fraction of sp³-hybridized carbons (Fsp3) is 0.500. The van der Waals surface area contributed by atoms with Crippen LogP contribution in [0.2, 0.25) is 0 Å². The number of urea groups is 1. The Labute approximate surface area is 167 Å². The van der Waals surface area contributed by atoms with Crippen molar-refractivity contribution in [3.8, 4) is 0 Å². The zero-order valence-corrected chi connectivity index (χ0v) is 16.3. The van der Waals surface area contributed by atoms with Crippen LogP contribution >= 0.6 is 0 Å². The first kappa shape index (κ1) is 20.8. The fourth-order valence-electron chi connectivity index (χ4n) is 3.78. The number of ether oxygens (including phenoxy) is 1. The second-order valence-electron chi connectivity index (χ2n) is 7.52. The van der Waals surface area contributed by atoms with E-state index in [2.05, 4.69) is 10.6 Å². The van der Waals surface area contributed by atoms with Crippen LogP contribution in [-0.2, 0) is 19.1 Å². The van der Waals surface area contributed by atoms with Crippen molar-refractivity contribution in [2.75, 3.05) is 6.54 Å². The molecule has 2 N–H and O–H groups in total. The maximum Gasteiger partial charge on any atom is 0.322 e. The van der Waals surface area contributed by atoms with Crippen LogP contribution in [0.4, 0.5) is 9.18 Å². The molecule has 0 unspecified atom stereocenters. The summed E-state index contributed by atoms with van der Waals surface area (Å²) in [5.41, 5.74) is 0.648. The van der Waals surface area contributed by atoms with Gasteiger partial charge in [-0.1, -0.05) is 12.1 Å². The predicted molar refractivity (Wildman–Crippen MR) is 99.9 cm³/mol. The zero-order chi connectivity index (χ0) is 21.1. The summed E-state index contributed by atoms with van der Waals surface area (Å²) in [4.78, 5) is 49.9. The molecule has 3 atom stereocenters. The lowest BCUT2D eigenvalue weighted by Crippen LogP contribution is -2.36. The van der Waals surface area contributed by atoms with Crippen LogP contribution in [0.5, 0.6) is 0 Å². The predicted octanol–water partition coefficient (Wildman–Crippen LogP) is 1.66. The van der Waals surface area contributed by atoms with Crippen molar-refractivity contribution < 1.29 is 28.3 Å². The van der Waals surface area contributed by atoms with E-state index >= 15 is 0 Å². The molecule has 2 saturated heterocycles. The molecule has 156 valence electrons. The van der Waals surface area contributed by atoms with Crippen LogP contribution in [0.3, 0.4) is 0 Å². The normalized spacial score (nSPS) is 23.9. The van der Waals surface area contributed by atoms with Crippen molar-refractivity contribution in [1.29, 1.82) is 0 Å². The summed E-state index contributed by atoms with van der Waals surface area (Å²) in [6, 6.07) is 3.81. The van der Waals surface area contributed by atoms with Gasteiger partial charge in [0.05, 0.1) is 18.1 Å². The molecule has 2 heterocycles. The van der Waals surface area contributed by atoms with Crippen LogP contribution in [0.1, 0.15) is 44.7 Å². The van der Waals surface area contributed by atoms with Crippen LogP contribution in [-0.4, -0.2) is 47.4 Å². The van der Waals surface area contributed by atoms with E-state index in [1.807, 2.05) is 0 Å². The smallest absolute Gasteiger partial charge is 0.322 e. The van der Waals surface area contributed by atoms with Crippen molar-refractivity contribution in [2.24, 2.45) is 5.92 Å². The molecular weight excluding hydrogens is 381 g/mol. The average molecular weight is 405 g/mol. The topological polar surface area (TPSA) is 105 Å². The highest BCUT2D eigenvalue weighted by Crippen LogP contribution is 2.39. The Morgan fingerprint density at radius 3 is 2.52 bits per heavy atom. The van der Waals surface area contributed by atoms with Gasteiger partial charge in [-0.25, -0.2) is 9.18 Å². The molecule has 0 bridgehead atoms. The first-order chi connectivity index (χ1) is 13.8. The van der Waals surface area contributed by atoms with Gasteiger partial charge in [0.25, 0.3) is 5.91 Å². The third kappa shape index (κ3) is 4.72. The van der Waals surface area contributed by atoms with E-state index in [0.717, 1.165) is 0 Å². The highest BCUT2D eigenvalue weighted by Gasteiger charge is 2.43. The minimum absolute atomic E-state index is 0.0298. The summed E-state index contributed by atoms with van der Waals surface area (Å²) in [7, 11) is 0. The van der Waals surface area contributed by atoms with E-state index in [1.54, 1.807) is 30.9 Å². The summed E-state index contributed by atoms with van der Waals surface area (Å²) in [5, 5.41) is 4.59. The van der Waals surface area contributed by atoms with Crippen molar-refractivity contribution in [2.45, 2.75) is 51.3 Å². The third-order valence-corrected chi connectivity index (χ3v) is 5.09. The quantitative estimate of drug-likeness (QED) is 0.553. The van der Waals surface area contributed by atoms with Gasteiger partial charge in [0.1, 0.15) is 11.9 Å². The van der Waals surface area contributed by atoms with Gasteiger partial charge in [0, 0.05) is 13.0 Å². The molecule has 1 aromatic carbocycles. The molecule has 29 heavy (non-hydrogen) atoms. The molecule has 3 rings (SSSR count). The van der Waals surface area contributed by atoms with Gasteiger partial charge in [-0.05, 0) is 44.4 Å². The number of nitrogens with zero attached hydrogens (tertiary/aromatic N) is 1. The SMILES string of the molecule is CC(C)OC(=O)[C@@H]1CCN(C(=O)CC[C@H]2NC(=O)NC2=O)[C@@H]1c1ccc(F)cc1. The zero-order valence-electron chi connectivity index (χ0n) is 16.3. The molecule has 0 spiro atoms. The fourth-order valence-corrected chi connectivity index (χ4v) is 3.78. The van der Waals surface area contributed by atoms with Crippen LogP contribution in [0, 0.1) is 11.7 Å². The van der Waals surface area contributed by atoms with Gasteiger partial charge in [-0.15, -0.1) is 0 Å². The molecule has 2 fully saturated rings. The highest BCUT2D eigenvalue weighted by atomic mass is 19.1. The molecule has 0 saturated carbocycles. The number of halogens is 1. The lowest BCUT2D eigenvalue weighted by atomic mass is 9.93. The van der Waals surface area contributed by atoms with E-state index in [4.69, 9.17) is 4.74 Å². The summed E-state index contributed by atoms with van der Waals surface area (Å²) in [6.45, 7) is 3.86. The summed E-state index contributed by atoms with van der Waals surface area (Å²) in [6.07, 6.45) is 0.331. The number of amides is 4. The first-order valence-electron chi connectivity index (χ1n) is 9.63. The Bertz CT molecular complexity index is 811. The number of esters is 1.